The molecule has 94 valence electrons. The minimum atomic E-state index is -0.808. The third-order valence-corrected chi connectivity index (χ3v) is 3.11. The molecule has 0 aliphatic carbocycles. The third-order valence-electron chi connectivity index (χ3n) is 3.11. The number of aliphatic hydroxyl groups excluding tert-OH is 1. The lowest BCUT2D eigenvalue weighted by Crippen LogP contribution is -2.27. The molecule has 0 saturated heterocycles. The Balaban J connectivity index is 3.93. The van der Waals surface area contributed by atoms with Crippen molar-refractivity contribution >= 4 is 5.78 Å². The van der Waals surface area contributed by atoms with E-state index in [1.807, 2.05) is 6.92 Å². The molecule has 0 heterocycles. The van der Waals surface area contributed by atoms with Crippen LogP contribution in [-0.4, -0.2) is 17.1 Å². The Bertz CT molecular complexity index is 236. The molecule has 3 N–H and O–H groups in total. The number of carbonyl (C=O) groups is 1. The zero-order valence-corrected chi connectivity index (χ0v) is 10.7. The van der Waals surface area contributed by atoms with Crippen molar-refractivity contribution in [3.63, 3.8) is 0 Å². The van der Waals surface area contributed by atoms with Crippen molar-refractivity contribution in [1.29, 1.82) is 0 Å². The van der Waals surface area contributed by atoms with Crippen molar-refractivity contribution in [3.05, 3.63) is 12.2 Å². The summed E-state index contributed by atoms with van der Waals surface area (Å²) < 4.78 is 0. The van der Waals surface area contributed by atoms with Gasteiger partial charge in [-0.2, -0.15) is 0 Å². The number of hydrogen-bond acceptors (Lipinski definition) is 3. The van der Waals surface area contributed by atoms with Crippen LogP contribution in [0.4, 0.5) is 0 Å². The monoisotopic (exact) mass is 227 g/mol. The zero-order chi connectivity index (χ0) is 12.7. The summed E-state index contributed by atoms with van der Waals surface area (Å²) in [6.07, 6.45) is 2.12. The quantitative estimate of drug-likeness (QED) is 0.494. The summed E-state index contributed by atoms with van der Waals surface area (Å²) in [5.74, 6) is 0.572. The molecule has 0 fully saturated rings. The van der Waals surface area contributed by atoms with Crippen LogP contribution in [0.15, 0.2) is 12.2 Å². The van der Waals surface area contributed by atoms with Gasteiger partial charge in [0, 0.05) is 6.42 Å². The average molecular weight is 227 g/mol. The van der Waals surface area contributed by atoms with E-state index >= 15 is 0 Å². The van der Waals surface area contributed by atoms with E-state index < -0.39 is 6.23 Å². The molecular formula is C13H25NO2. The van der Waals surface area contributed by atoms with Crippen LogP contribution in [0.25, 0.3) is 0 Å². The fourth-order valence-electron chi connectivity index (χ4n) is 1.32. The summed E-state index contributed by atoms with van der Waals surface area (Å²) in [5, 5.41) is 9.12. The van der Waals surface area contributed by atoms with E-state index in [1.54, 1.807) is 0 Å². The molecule has 0 aromatic heterocycles. The molecule has 0 saturated carbocycles. The maximum Gasteiger partial charge on any atom is 0.158 e. The number of carbonyl (C=O) groups excluding carboxylic acids is 1. The van der Waals surface area contributed by atoms with Gasteiger partial charge in [0.1, 0.15) is 6.23 Å². The van der Waals surface area contributed by atoms with Gasteiger partial charge in [-0.25, -0.2) is 0 Å². The summed E-state index contributed by atoms with van der Waals surface area (Å²) in [7, 11) is 0. The van der Waals surface area contributed by atoms with Gasteiger partial charge in [0.2, 0.25) is 0 Å². The highest BCUT2D eigenvalue weighted by atomic mass is 16.3. The second kappa shape index (κ2) is 7.58. The second-order valence-electron chi connectivity index (χ2n) is 4.75. The molecule has 16 heavy (non-hydrogen) atoms. The molecular weight excluding hydrogens is 202 g/mol. The van der Waals surface area contributed by atoms with Crippen LogP contribution in [0.5, 0.6) is 0 Å². The molecule has 3 nitrogen and oxygen atoms in total. The van der Waals surface area contributed by atoms with Crippen molar-refractivity contribution in [3.8, 4) is 0 Å². The number of allylic oxidation sites excluding steroid dienone is 1. The summed E-state index contributed by atoms with van der Waals surface area (Å²) in [6.45, 7) is 9.82. The van der Waals surface area contributed by atoms with Crippen LogP contribution < -0.4 is 5.73 Å². The molecule has 0 aromatic carbocycles. The van der Waals surface area contributed by atoms with Crippen LogP contribution in [-0.2, 0) is 4.79 Å². The Morgan fingerprint density at radius 3 is 2.44 bits per heavy atom. The smallest absolute Gasteiger partial charge is 0.158 e. The molecule has 0 bridgehead atoms. The van der Waals surface area contributed by atoms with Crippen LogP contribution in [0, 0.1) is 11.8 Å². The van der Waals surface area contributed by atoms with E-state index in [9.17, 15) is 4.79 Å². The molecule has 0 aliphatic rings. The van der Waals surface area contributed by atoms with Crippen LogP contribution in [0.3, 0.4) is 0 Å². The van der Waals surface area contributed by atoms with Gasteiger partial charge in [0.25, 0.3) is 0 Å². The van der Waals surface area contributed by atoms with Gasteiger partial charge in [0.15, 0.2) is 5.78 Å². The first-order valence-corrected chi connectivity index (χ1v) is 6.03. The predicted molar refractivity (Wildman–Crippen MR) is 66.8 cm³/mol. The second-order valence-corrected chi connectivity index (χ2v) is 4.75. The van der Waals surface area contributed by atoms with E-state index in [0.717, 1.165) is 6.42 Å². The van der Waals surface area contributed by atoms with Crippen molar-refractivity contribution < 1.29 is 9.90 Å². The van der Waals surface area contributed by atoms with Gasteiger partial charge in [0.05, 0.1) is 0 Å². The minimum Gasteiger partial charge on any atom is -0.379 e. The van der Waals surface area contributed by atoms with Gasteiger partial charge in [-0.05, 0) is 30.3 Å². The first kappa shape index (κ1) is 15.3. The maximum absolute atomic E-state index is 11.7. The Kier molecular flexibility index (Phi) is 7.26. The SMILES string of the molecule is C=C(CCC(C)C(N)O)C(=O)CC(C)CC. The molecule has 0 rings (SSSR count). The summed E-state index contributed by atoms with van der Waals surface area (Å²) in [5.41, 5.74) is 6.00. The van der Waals surface area contributed by atoms with Gasteiger partial charge in [-0.15, -0.1) is 0 Å². The average Bonchev–Trinajstić information content (AvgIpc) is 2.24. The lowest BCUT2D eigenvalue weighted by Gasteiger charge is -2.15. The van der Waals surface area contributed by atoms with Crippen molar-refractivity contribution in [2.75, 3.05) is 0 Å². The van der Waals surface area contributed by atoms with Gasteiger partial charge in [-0.3, -0.25) is 4.79 Å². The van der Waals surface area contributed by atoms with E-state index in [2.05, 4.69) is 20.4 Å². The van der Waals surface area contributed by atoms with E-state index in [-0.39, 0.29) is 11.7 Å². The molecule has 3 unspecified atom stereocenters. The number of hydrogen-bond donors (Lipinski definition) is 2. The van der Waals surface area contributed by atoms with Gasteiger partial charge >= 0.3 is 0 Å². The lowest BCUT2D eigenvalue weighted by atomic mass is 9.93. The standard InChI is InChI=1S/C13H25NO2/c1-5-9(2)8-12(15)10(3)6-7-11(4)13(14)16/h9,11,13,16H,3,5-8,14H2,1-2,4H3. The summed E-state index contributed by atoms with van der Waals surface area (Å²) in [4.78, 5) is 11.7. The van der Waals surface area contributed by atoms with E-state index in [4.69, 9.17) is 10.8 Å². The molecule has 0 amide bonds. The van der Waals surface area contributed by atoms with Gasteiger partial charge in [-0.1, -0.05) is 33.8 Å². The maximum atomic E-state index is 11.7. The highest BCUT2D eigenvalue weighted by Gasteiger charge is 2.14. The number of rotatable bonds is 8. The largest absolute Gasteiger partial charge is 0.379 e. The van der Waals surface area contributed by atoms with Crippen molar-refractivity contribution in [1.82, 2.24) is 0 Å². The normalized spacial score (nSPS) is 16.6. The third kappa shape index (κ3) is 6.03. The topological polar surface area (TPSA) is 63.3 Å². The molecule has 0 radical (unpaired) electrons. The minimum absolute atomic E-state index is 0.00755. The highest BCUT2D eigenvalue weighted by Crippen LogP contribution is 2.17. The predicted octanol–water partition coefficient (Wildman–Crippen LogP) is 2.24. The highest BCUT2D eigenvalue weighted by molar-refractivity contribution is 5.94. The molecule has 0 aromatic rings. The number of Topliss-reactive ketones (excluding diaryl/α,β-unsaturated/α-hetero) is 1. The fourth-order valence-corrected chi connectivity index (χ4v) is 1.32. The number of nitrogens with two attached hydrogens (primary N) is 1. The summed E-state index contributed by atoms with van der Waals surface area (Å²) >= 11 is 0. The summed E-state index contributed by atoms with van der Waals surface area (Å²) in [6, 6.07) is 0. The van der Waals surface area contributed by atoms with Crippen LogP contribution >= 0.6 is 0 Å². The van der Waals surface area contributed by atoms with Crippen LogP contribution in [0.2, 0.25) is 0 Å². The Hall–Kier alpha value is -0.670. The van der Waals surface area contributed by atoms with Gasteiger partial charge < -0.3 is 10.8 Å². The van der Waals surface area contributed by atoms with E-state index in [0.29, 0.717) is 30.8 Å². The first-order valence-electron chi connectivity index (χ1n) is 6.03. The molecule has 3 heteroatoms. The zero-order valence-electron chi connectivity index (χ0n) is 10.7. The number of ketones is 1. The molecule has 0 spiro atoms. The molecule has 0 aliphatic heterocycles. The fraction of sp³-hybridized carbons (Fsp3) is 0.769. The van der Waals surface area contributed by atoms with Crippen molar-refractivity contribution in [2.24, 2.45) is 17.6 Å². The number of aliphatic hydroxyl groups is 1. The van der Waals surface area contributed by atoms with Crippen molar-refractivity contribution in [2.45, 2.75) is 52.7 Å². The lowest BCUT2D eigenvalue weighted by molar-refractivity contribution is -0.116. The Labute approximate surface area is 98.7 Å². The Morgan fingerprint density at radius 1 is 1.44 bits per heavy atom. The van der Waals surface area contributed by atoms with Crippen LogP contribution in [0.1, 0.15) is 46.5 Å². The van der Waals surface area contributed by atoms with E-state index in [1.165, 1.54) is 0 Å². The Morgan fingerprint density at radius 2 is 2.00 bits per heavy atom. The first-order chi connectivity index (χ1) is 7.38. The molecule has 3 atom stereocenters.